The maximum atomic E-state index is 13.0. The summed E-state index contributed by atoms with van der Waals surface area (Å²) in [5.74, 6) is -5.26. The summed E-state index contributed by atoms with van der Waals surface area (Å²) in [6, 6.07) is 2.85. The van der Waals surface area contributed by atoms with Crippen molar-refractivity contribution >= 4 is 65.0 Å². The number of ether oxygens (including phenoxy) is 1. The van der Waals surface area contributed by atoms with Crippen LogP contribution >= 0.6 is 23.5 Å². The van der Waals surface area contributed by atoms with Crippen LogP contribution in [0.1, 0.15) is 11.7 Å². The van der Waals surface area contributed by atoms with Gasteiger partial charge in [-0.05, 0) is 33.7 Å². The zero-order valence-corrected chi connectivity index (χ0v) is 23.9. The van der Waals surface area contributed by atoms with E-state index in [-0.39, 0.29) is 33.6 Å². The number of thioether (sulfide) groups is 2. The number of aliphatic hydroxyl groups is 1. The van der Waals surface area contributed by atoms with Crippen LogP contribution in [0, 0.1) is 0 Å². The standard InChI is InChI=1S/C23H24N8O11S2/c24-12(20(37)38)6-42-23(41)25-11-3-1-9(2-4-11)16(34)17(35)26-14-18(36)31-15(21(39)40)10(7-43-19(14)31)8-44-22-27-28-29-30(22)5-13(32)33/h1-4,12,14,16,19,34H,5-8,24H2,(H,25,41)(H,26,35)(H,32,33)(H,37,38)(H,39,40)/t12-,14-,16-,19-/m1/s1. The summed E-state index contributed by atoms with van der Waals surface area (Å²) < 4.78 is 5.74. The van der Waals surface area contributed by atoms with E-state index in [9.17, 15) is 39.0 Å². The Kier molecular flexibility index (Phi) is 10.0. The third-order valence-corrected chi connectivity index (χ3v) is 8.52. The number of anilines is 1. The summed E-state index contributed by atoms with van der Waals surface area (Å²) in [5, 5.41) is 53.0. The van der Waals surface area contributed by atoms with E-state index in [1.54, 1.807) is 0 Å². The van der Waals surface area contributed by atoms with E-state index in [4.69, 9.17) is 20.7 Å². The summed E-state index contributed by atoms with van der Waals surface area (Å²) in [4.78, 5) is 72.3. The number of benzene rings is 1. The number of hydrogen-bond acceptors (Lipinski definition) is 14. The van der Waals surface area contributed by atoms with Crippen molar-refractivity contribution in [1.29, 1.82) is 0 Å². The molecule has 2 aromatic rings. The van der Waals surface area contributed by atoms with Gasteiger partial charge in [-0.2, -0.15) is 0 Å². The van der Waals surface area contributed by atoms with E-state index < -0.39 is 72.5 Å². The molecular formula is C23H24N8O11S2. The molecule has 1 saturated heterocycles. The highest BCUT2D eigenvalue weighted by atomic mass is 32.2. The van der Waals surface area contributed by atoms with E-state index in [1.165, 1.54) is 36.0 Å². The minimum atomic E-state index is -1.71. The Morgan fingerprint density at radius 3 is 2.50 bits per heavy atom. The minimum absolute atomic E-state index is 0.0549. The molecule has 1 fully saturated rings. The molecule has 19 nitrogen and oxygen atoms in total. The van der Waals surface area contributed by atoms with Crippen LogP contribution in [-0.2, 0) is 35.3 Å². The summed E-state index contributed by atoms with van der Waals surface area (Å²) in [6.07, 6.45) is -2.68. The molecule has 4 rings (SSSR count). The maximum absolute atomic E-state index is 13.0. The molecule has 0 aliphatic carbocycles. The molecule has 8 N–H and O–H groups in total. The van der Waals surface area contributed by atoms with E-state index >= 15 is 0 Å². The minimum Gasteiger partial charge on any atom is -0.480 e. The van der Waals surface area contributed by atoms with Gasteiger partial charge in [0.25, 0.3) is 11.8 Å². The predicted octanol–water partition coefficient (Wildman–Crippen LogP) is -1.72. The Labute approximate surface area is 254 Å². The van der Waals surface area contributed by atoms with E-state index in [0.29, 0.717) is 5.57 Å². The molecule has 44 heavy (non-hydrogen) atoms. The van der Waals surface area contributed by atoms with Crippen LogP contribution in [0.3, 0.4) is 0 Å². The number of rotatable bonds is 13. The van der Waals surface area contributed by atoms with Gasteiger partial charge >= 0.3 is 24.0 Å². The molecule has 3 amide bonds. The summed E-state index contributed by atoms with van der Waals surface area (Å²) in [5.41, 5.74) is 5.69. The molecular weight excluding hydrogens is 628 g/mol. The Balaban J connectivity index is 1.34. The molecule has 0 radical (unpaired) electrons. The van der Waals surface area contributed by atoms with Crippen molar-refractivity contribution in [2.75, 3.05) is 23.4 Å². The third kappa shape index (κ3) is 7.24. The zero-order valence-electron chi connectivity index (χ0n) is 22.2. The lowest BCUT2D eigenvalue weighted by Gasteiger charge is -2.49. The second-order valence-electron chi connectivity index (χ2n) is 9.15. The number of nitrogens with zero attached hydrogens (tertiary/aromatic N) is 5. The first kappa shape index (κ1) is 32.2. The number of nitrogens with one attached hydrogen (secondary N) is 2. The average Bonchev–Trinajstić information content (AvgIpc) is 3.42. The van der Waals surface area contributed by atoms with Gasteiger partial charge in [0.05, 0.1) is 0 Å². The fraction of sp³-hybridized carbons (Fsp3) is 0.348. The van der Waals surface area contributed by atoms with Crippen LogP contribution in [0.2, 0.25) is 0 Å². The number of aliphatic carboxylic acids is 3. The van der Waals surface area contributed by atoms with Crippen molar-refractivity contribution < 1.29 is 53.9 Å². The molecule has 3 heterocycles. The van der Waals surface area contributed by atoms with Gasteiger partial charge in [-0.25, -0.2) is 14.3 Å². The average molecular weight is 653 g/mol. The molecule has 0 spiro atoms. The second kappa shape index (κ2) is 13.7. The number of amides is 3. The van der Waals surface area contributed by atoms with Gasteiger partial charge in [0.1, 0.15) is 36.3 Å². The van der Waals surface area contributed by atoms with Gasteiger partial charge in [-0.15, -0.1) is 16.9 Å². The topological polar surface area (TPSA) is 289 Å². The highest BCUT2D eigenvalue weighted by molar-refractivity contribution is 8.01. The first-order chi connectivity index (χ1) is 20.9. The number of nitrogens with two attached hydrogens (primary N) is 1. The highest BCUT2D eigenvalue weighted by Gasteiger charge is 2.54. The molecule has 2 aliphatic heterocycles. The number of carbonyl (C=O) groups excluding carboxylic acids is 3. The first-order valence-corrected chi connectivity index (χ1v) is 14.4. The molecule has 0 saturated carbocycles. The van der Waals surface area contributed by atoms with Crippen molar-refractivity contribution in [2.24, 2.45) is 5.73 Å². The second-order valence-corrected chi connectivity index (χ2v) is 11.2. The van der Waals surface area contributed by atoms with Crippen molar-refractivity contribution in [1.82, 2.24) is 30.4 Å². The van der Waals surface area contributed by atoms with Crippen LogP contribution in [0.15, 0.2) is 40.7 Å². The third-order valence-electron chi connectivity index (χ3n) is 6.14. The molecule has 4 atom stereocenters. The summed E-state index contributed by atoms with van der Waals surface area (Å²) in [7, 11) is 0. The van der Waals surface area contributed by atoms with Gasteiger partial charge in [0, 0.05) is 17.2 Å². The first-order valence-electron chi connectivity index (χ1n) is 12.4. The van der Waals surface area contributed by atoms with E-state index in [2.05, 4.69) is 26.2 Å². The summed E-state index contributed by atoms with van der Waals surface area (Å²) >= 11 is 2.20. The summed E-state index contributed by atoms with van der Waals surface area (Å²) in [6.45, 7) is -1.05. The van der Waals surface area contributed by atoms with Gasteiger partial charge in [-0.1, -0.05) is 23.9 Å². The number of tetrazole rings is 1. The quantitative estimate of drug-likeness (QED) is 0.0935. The Bertz CT molecular complexity index is 1520. The number of carboxylic acid groups (broad SMARTS) is 3. The van der Waals surface area contributed by atoms with Gasteiger partial charge in [0.2, 0.25) is 5.16 Å². The van der Waals surface area contributed by atoms with Crippen LogP contribution in [0.25, 0.3) is 0 Å². The van der Waals surface area contributed by atoms with Crippen molar-refractivity contribution in [2.45, 2.75) is 35.3 Å². The molecule has 0 unspecified atom stereocenters. The van der Waals surface area contributed by atoms with Crippen molar-refractivity contribution in [3.05, 3.63) is 41.1 Å². The highest BCUT2D eigenvalue weighted by Crippen LogP contribution is 2.41. The normalized spacial score (nSPS) is 18.9. The van der Waals surface area contributed by atoms with Gasteiger partial charge in [0.15, 0.2) is 6.10 Å². The molecule has 1 aromatic heterocycles. The van der Waals surface area contributed by atoms with Crippen LogP contribution < -0.4 is 16.4 Å². The number of hydrogen-bond donors (Lipinski definition) is 7. The monoisotopic (exact) mass is 652 g/mol. The number of fused-ring (bicyclic) bond motifs is 1. The number of carboxylic acids is 3. The maximum Gasteiger partial charge on any atom is 0.411 e. The van der Waals surface area contributed by atoms with Gasteiger partial charge in [-0.3, -0.25) is 29.4 Å². The Hall–Kier alpha value is -4.73. The number of carbonyl (C=O) groups is 6. The van der Waals surface area contributed by atoms with Crippen molar-refractivity contribution in [3.8, 4) is 0 Å². The lowest BCUT2D eigenvalue weighted by Crippen LogP contribution is -2.70. The smallest absolute Gasteiger partial charge is 0.411 e. The fourth-order valence-corrected chi connectivity index (χ4v) is 6.36. The lowest BCUT2D eigenvalue weighted by atomic mass is 10.0. The molecule has 21 heteroatoms. The van der Waals surface area contributed by atoms with E-state index in [0.717, 1.165) is 21.3 Å². The Morgan fingerprint density at radius 2 is 1.86 bits per heavy atom. The SMILES string of the molecule is N[C@H](COC(=O)Nc1ccc([C@@H](O)C(=O)N[C@@H]2C(=O)N3C(C(=O)O)=C(CSc4nnnn4CC(=O)O)CS[C@H]23)cc1)C(=O)O. The van der Waals surface area contributed by atoms with Gasteiger partial charge < -0.3 is 36.2 Å². The predicted molar refractivity (Wildman–Crippen MR) is 148 cm³/mol. The van der Waals surface area contributed by atoms with Crippen molar-refractivity contribution in [3.63, 3.8) is 0 Å². The molecule has 0 bridgehead atoms. The molecule has 1 aromatic carbocycles. The Morgan fingerprint density at radius 1 is 1.16 bits per heavy atom. The number of aromatic nitrogens is 4. The zero-order chi connectivity index (χ0) is 32.1. The van der Waals surface area contributed by atoms with Crippen LogP contribution in [0.5, 0.6) is 0 Å². The molecule has 2 aliphatic rings. The number of aliphatic hydroxyl groups excluding tert-OH is 1. The van der Waals surface area contributed by atoms with E-state index in [1.807, 2.05) is 0 Å². The number of β-lactam (4-membered cyclic amide) rings is 1. The molecule has 234 valence electrons. The van der Waals surface area contributed by atoms with Crippen LogP contribution in [0.4, 0.5) is 10.5 Å². The lowest BCUT2D eigenvalue weighted by molar-refractivity contribution is -0.151. The largest absolute Gasteiger partial charge is 0.480 e. The van der Waals surface area contributed by atoms with Crippen LogP contribution in [-0.4, -0.2) is 117 Å². The fourth-order valence-electron chi connectivity index (χ4n) is 4.00.